The Morgan fingerprint density at radius 3 is 1.50 bits per heavy atom. The van der Waals surface area contributed by atoms with Gasteiger partial charge in [-0.3, -0.25) is 0 Å². The van der Waals surface area contributed by atoms with Gasteiger partial charge in [0.15, 0.2) is 0 Å². The Kier molecular flexibility index (Phi) is 6.17. The summed E-state index contributed by atoms with van der Waals surface area (Å²) in [4.78, 5) is 0. The number of fused-ring (bicyclic) bond motifs is 2. The minimum Gasteiger partial charge on any atom is -0.0757 e. The first kappa shape index (κ1) is 22.1. The molecule has 0 N–H and O–H groups in total. The van der Waals surface area contributed by atoms with Crippen molar-refractivity contribution in [3.63, 3.8) is 0 Å². The molecule has 0 nitrogen and oxygen atoms in total. The molecule has 0 saturated carbocycles. The van der Waals surface area contributed by atoms with Gasteiger partial charge >= 0.3 is 0 Å². The van der Waals surface area contributed by atoms with Crippen molar-refractivity contribution in [2.75, 3.05) is 0 Å². The van der Waals surface area contributed by atoms with E-state index in [0.717, 1.165) is 12.8 Å². The highest BCUT2D eigenvalue weighted by molar-refractivity contribution is 5.87. The van der Waals surface area contributed by atoms with Crippen LogP contribution >= 0.6 is 0 Å². The molecule has 5 aromatic rings. The summed E-state index contributed by atoms with van der Waals surface area (Å²) < 4.78 is 0. The van der Waals surface area contributed by atoms with Crippen LogP contribution in [0.1, 0.15) is 12.8 Å². The lowest BCUT2D eigenvalue weighted by Crippen LogP contribution is -2.29. The van der Waals surface area contributed by atoms with Crippen molar-refractivity contribution >= 4 is 22.9 Å². The fraction of sp³-hybridized carbons (Fsp3) is 0.0556. The van der Waals surface area contributed by atoms with E-state index in [1.807, 2.05) is 0 Å². The van der Waals surface area contributed by atoms with E-state index in [4.69, 9.17) is 0 Å². The Morgan fingerprint density at radius 1 is 0.333 bits per heavy atom. The molecule has 0 unspecified atom stereocenters. The van der Waals surface area contributed by atoms with Crippen molar-refractivity contribution < 1.29 is 0 Å². The fourth-order valence-electron chi connectivity index (χ4n) is 5.13. The molecular formula is C36H28. The lowest BCUT2D eigenvalue weighted by molar-refractivity contribution is 1.12. The number of rotatable bonds is 3. The third-order valence-electron chi connectivity index (χ3n) is 6.96. The predicted molar refractivity (Wildman–Crippen MR) is 155 cm³/mol. The van der Waals surface area contributed by atoms with Gasteiger partial charge in [0.05, 0.1) is 0 Å². The van der Waals surface area contributed by atoms with Gasteiger partial charge in [-0.2, -0.15) is 0 Å². The van der Waals surface area contributed by atoms with Crippen LogP contribution in [-0.4, -0.2) is 0 Å². The summed E-state index contributed by atoms with van der Waals surface area (Å²) in [6, 6.07) is 48.0. The van der Waals surface area contributed by atoms with E-state index in [1.165, 1.54) is 54.6 Å². The zero-order valence-corrected chi connectivity index (χ0v) is 20.3. The maximum Gasteiger partial charge on any atom is -0.0108 e. The van der Waals surface area contributed by atoms with Crippen LogP contribution in [0.3, 0.4) is 0 Å². The lowest BCUT2D eigenvalue weighted by atomic mass is 9.93. The fourth-order valence-corrected chi connectivity index (χ4v) is 5.13. The zero-order valence-electron chi connectivity index (χ0n) is 20.3. The van der Waals surface area contributed by atoms with Crippen molar-refractivity contribution in [3.05, 3.63) is 144 Å². The van der Waals surface area contributed by atoms with Crippen LogP contribution in [0.4, 0.5) is 0 Å². The minimum absolute atomic E-state index is 1.06. The summed E-state index contributed by atoms with van der Waals surface area (Å²) in [5.74, 6) is 0. The molecule has 172 valence electrons. The first-order chi connectivity index (χ1) is 17.9. The van der Waals surface area contributed by atoms with Gasteiger partial charge in [-0.05, 0) is 73.5 Å². The predicted octanol–water partition coefficient (Wildman–Crippen LogP) is 8.32. The molecule has 1 aliphatic rings. The van der Waals surface area contributed by atoms with Gasteiger partial charge in [0, 0.05) is 0 Å². The second kappa shape index (κ2) is 10.1. The summed E-state index contributed by atoms with van der Waals surface area (Å²) in [6.45, 7) is 0. The van der Waals surface area contributed by atoms with E-state index in [9.17, 15) is 0 Å². The van der Waals surface area contributed by atoms with E-state index < -0.39 is 0 Å². The highest BCUT2D eigenvalue weighted by atomic mass is 14.1. The highest BCUT2D eigenvalue weighted by Crippen LogP contribution is 2.25. The Balaban J connectivity index is 1.58. The Hall–Kier alpha value is -4.42. The number of hydrogen-bond acceptors (Lipinski definition) is 0. The van der Waals surface area contributed by atoms with E-state index in [0.29, 0.717) is 0 Å². The van der Waals surface area contributed by atoms with Crippen LogP contribution in [0.2, 0.25) is 0 Å². The van der Waals surface area contributed by atoms with Gasteiger partial charge in [0.2, 0.25) is 0 Å². The first-order valence-electron chi connectivity index (χ1n) is 12.7. The van der Waals surface area contributed by atoms with Crippen LogP contribution < -0.4 is 10.4 Å². The molecule has 5 aromatic carbocycles. The highest BCUT2D eigenvalue weighted by Gasteiger charge is 2.07. The first-order valence-corrected chi connectivity index (χ1v) is 12.7. The Bertz CT molecular complexity index is 1710. The Labute approximate surface area is 212 Å². The molecule has 0 spiro atoms. The van der Waals surface area contributed by atoms with E-state index in [1.54, 1.807) is 0 Å². The molecule has 36 heavy (non-hydrogen) atoms. The number of benzene rings is 4. The Morgan fingerprint density at radius 2 is 0.806 bits per heavy atom. The van der Waals surface area contributed by atoms with Gasteiger partial charge < -0.3 is 0 Å². The molecule has 0 aromatic heterocycles. The second-order valence-corrected chi connectivity index (χ2v) is 9.25. The average molecular weight is 461 g/mol. The molecule has 0 saturated heterocycles. The van der Waals surface area contributed by atoms with Crippen LogP contribution in [-0.2, 0) is 0 Å². The van der Waals surface area contributed by atoms with Crippen molar-refractivity contribution in [1.82, 2.24) is 0 Å². The molecule has 0 heteroatoms. The minimum atomic E-state index is 1.06. The molecule has 1 aliphatic carbocycles. The van der Waals surface area contributed by atoms with Crippen LogP contribution in [0.5, 0.6) is 0 Å². The molecule has 0 amide bonds. The monoisotopic (exact) mass is 460 g/mol. The summed E-state index contributed by atoms with van der Waals surface area (Å²) in [6.07, 6.45) is 6.95. The lowest BCUT2D eigenvalue weighted by Gasteiger charge is -2.11. The molecule has 6 rings (SSSR count). The van der Waals surface area contributed by atoms with Crippen molar-refractivity contribution in [2.45, 2.75) is 12.8 Å². The van der Waals surface area contributed by atoms with Gasteiger partial charge in [0.25, 0.3) is 0 Å². The molecule has 0 heterocycles. The third-order valence-corrected chi connectivity index (χ3v) is 6.96. The topological polar surface area (TPSA) is 0 Å². The van der Waals surface area contributed by atoms with Crippen LogP contribution in [0, 0.1) is 0 Å². The normalized spacial score (nSPS) is 12.1. The van der Waals surface area contributed by atoms with E-state index >= 15 is 0 Å². The van der Waals surface area contributed by atoms with Gasteiger partial charge in [0.1, 0.15) is 0 Å². The summed E-state index contributed by atoms with van der Waals surface area (Å²) >= 11 is 0. The third kappa shape index (κ3) is 4.46. The summed E-state index contributed by atoms with van der Waals surface area (Å²) in [7, 11) is 0. The largest absolute Gasteiger partial charge is 0.0757 e. The smallest absolute Gasteiger partial charge is 0.0108 e. The summed E-state index contributed by atoms with van der Waals surface area (Å²) in [5.41, 5.74) is 7.50. The SMILES string of the molecule is C1=c2c(-c3ccc(-c4ccccc4)cc3)ccccccc(-c3ccc4ccccc4c3)c2=CCC1. The quantitative estimate of drug-likeness (QED) is 0.254. The molecule has 0 bridgehead atoms. The molecule has 0 aliphatic heterocycles. The van der Waals surface area contributed by atoms with Crippen molar-refractivity contribution in [1.29, 1.82) is 0 Å². The standard InChI is InChI=1S/C36H28/c1-2-7-17-34(32-25-22-28-14-8-9-15-31(28)26-32)36-19-11-10-18-35(36)33(16-6-1)30-23-20-29(21-24-30)27-12-4-3-5-13-27/h1-9,12-26H,10-11H2. The van der Waals surface area contributed by atoms with E-state index in [-0.39, 0.29) is 0 Å². The number of hydrogen-bond donors (Lipinski definition) is 0. The second-order valence-electron chi connectivity index (χ2n) is 9.25. The van der Waals surface area contributed by atoms with Crippen molar-refractivity contribution in [2.24, 2.45) is 0 Å². The maximum absolute atomic E-state index is 2.42. The molecule has 0 atom stereocenters. The van der Waals surface area contributed by atoms with Gasteiger partial charge in [-0.1, -0.05) is 140 Å². The molecule has 0 fully saturated rings. The van der Waals surface area contributed by atoms with Gasteiger partial charge in [-0.25, -0.2) is 0 Å². The van der Waals surface area contributed by atoms with Crippen molar-refractivity contribution in [3.8, 4) is 33.4 Å². The molecule has 0 radical (unpaired) electrons. The van der Waals surface area contributed by atoms with Crippen LogP contribution in [0.15, 0.2) is 133 Å². The summed E-state index contributed by atoms with van der Waals surface area (Å²) in [5, 5.41) is 5.17. The maximum atomic E-state index is 2.42. The van der Waals surface area contributed by atoms with Gasteiger partial charge in [-0.15, -0.1) is 0 Å². The molecular weight excluding hydrogens is 432 g/mol. The average Bonchev–Trinajstić information content (AvgIpc) is 2.95. The zero-order chi connectivity index (χ0) is 24.2. The van der Waals surface area contributed by atoms with E-state index in [2.05, 4.69) is 146 Å². The van der Waals surface area contributed by atoms with Crippen LogP contribution in [0.25, 0.3) is 56.3 Å².